The SMILES string of the molecule is Oc1c2c(c(O)n1-c1ccc3[nH]ccc3c1)CCCC2. The minimum atomic E-state index is 0.187. The molecule has 102 valence electrons. The van der Waals surface area contributed by atoms with Gasteiger partial charge in [-0.25, -0.2) is 0 Å². The molecule has 0 radical (unpaired) electrons. The molecule has 0 unspecified atom stereocenters. The van der Waals surface area contributed by atoms with Crippen LogP contribution in [0.15, 0.2) is 30.5 Å². The number of nitrogens with one attached hydrogen (secondary N) is 1. The molecule has 0 saturated heterocycles. The van der Waals surface area contributed by atoms with Crippen LogP contribution < -0.4 is 0 Å². The van der Waals surface area contributed by atoms with Gasteiger partial charge >= 0.3 is 0 Å². The normalized spacial score (nSPS) is 14.6. The molecule has 1 aliphatic rings. The minimum absolute atomic E-state index is 0.187. The number of benzene rings is 1. The molecule has 4 rings (SSSR count). The maximum Gasteiger partial charge on any atom is 0.202 e. The molecule has 2 heterocycles. The Morgan fingerprint density at radius 3 is 2.35 bits per heavy atom. The lowest BCUT2D eigenvalue weighted by Gasteiger charge is -2.09. The van der Waals surface area contributed by atoms with Crippen molar-refractivity contribution in [3.05, 3.63) is 41.6 Å². The zero-order valence-electron chi connectivity index (χ0n) is 11.1. The van der Waals surface area contributed by atoms with E-state index < -0.39 is 0 Å². The van der Waals surface area contributed by atoms with Gasteiger partial charge in [0.25, 0.3) is 0 Å². The molecule has 3 aromatic rings. The topological polar surface area (TPSA) is 61.2 Å². The van der Waals surface area contributed by atoms with Crippen molar-refractivity contribution in [3.8, 4) is 17.4 Å². The summed E-state index contributed by atoms with van der Waals surface area (Å²) in [6, 6.07) is 7.82. The van der Waals surface area contributed by atoms with Crippen LogP contribution in [0.4, 0.5) is 0 Å². The molecule has 2 aromatic heterocycles. The number of aromatic nitrogens is 2. The monoisotopic (exact) mass is 268 g/mol. The number of aromatic amines is 1. The summed E-state index contributed by atoms with van der Waals surface area (Å²) in [5.74, 6) is 0.374. The van der Waals surface area contributed by atoms with Gasteiger partial charge in [0.05, 0.1) is 5.69 Å². The van der Waals surface area contributed by atoms with Crippen LogP contribution in [-0.2, 0) is 12.8 Å². The number of rotatable bonds is 1. The van der Waals surface area contributed by atoms with Crippen LogP contribution in [0.1, 0.15) is 24.0 Å². The molecule has 1 aromatic carbocycles. The summed E-state index contributed by atoms with van der Waals surface area (Å²) >= 11 is 0. The van der Waals surface area contributed by atoms with Crippen LogP contribution in [0.25, 0.3) is 16.6 Å². The zero-order chi connectivity index (χ0) is 13.7. The molecule has 0 fully saturated rings. The Morgan fingerprint density at radius 1 is 0.950 bits per heavy atom. The van der Waals surface area contributed by atoms with E-state index in [1.165, 1.54) is 0 Å². The van der Waals surface area contributed by atoms with E-state index in [-0.39, 0.29) is 11.8 Å². The smallest absolute Gasteiger partial charge is 0.202 e. The second kappa shape index (κ2) is 4.07. The van der Waals surface area contributed by atoms with Crippen molar-refractivity contribution in [1.82, 2.24) is 9.55 Å². The average Bonchev–Trinajstić information content (AvgIpc) is 3.03. The molecule has 3 N–H and O–H groups in total. The van der Waals surface area contributed by atoms with E-state index in [2.05, 4.69) is 4.98 Å². The predicted molar refractivity (Wildman–Crippen MR) is 77.6 cm³/mol. The van der Waals surface area contributed by atoms with Gasteiger partial charge < -0.3 is 15.2 Å². The Labute approximate surface area is 116 Å². The Bertz CT molecular complexity index is 769. The van der Waals surface area contributed by atoms with E-state index in [0.717, 1.165) is 53.4 Å². The fourth-order valence-electron chi connectivity index (χ4n) is 3.19. The summed E-state index contributed by atoms with van der Waals surface area (Å²) in [5.41, 5.74) is 3.65. The van der Waals surface area contributed by atoms with Crippen molar-refractivity contribution in [2.24, 2.45) is 0 Å². The van der Waals surface area contributed by atoms with Crippen LogP contribution in [0.5, 0.6) is 11.8 Å². The van der Waals surface area contributed by atoms with Crippen LogP contribution >= 0.6 is 0 Å². The standard InChI is InChI=1S/C16H16N2O2/c19-15-12-3-1-2-4-13(12)16(20)18(15)11-5-6-14-10(9-11)7-8-17-14/h5-9,17,19-20H,1-4H2. The van der Waals surface area contributed by atoms with Crippen molar-refractivity contribution in [1.29, 1.82) is 0 Å². The van der Waals surface area contributed by atoms with Crippen LogP contribution in [0.3, 0.4) is 0 Å². The fourth-order valence-corrected chi connectivity index (χ4v) is 3.19. The van der Waals surface area contributed by atoms with Crippen LogP contribution in [0, 0.1) is 0 Å². The summed E-state index contributed by atoms with van der Waals surface area (Å²) in [6.45, 7) is 0. The highest BCUT2D eigenvalue weighted by Crippen LogP contribution is 2.41. The van der Waals surface area contributed by atoms with Gasteiger partial charge in [0.15, 0.2) is 0 Å². The maximum absolute atomic E-state index is 10.4. The number of hydrogen-bond donors (Lipinski definition) is 3. The van der Waals surface area contributed by atoms with E-state index in [0.29, 0.717) is 0 Å². The fraction of sp³-hybridized carbons (Fsp3) is 0.250. The molecule has 1 aliphatic carbocycles. The van der Waals surface area contributed by atoms with Gasteiger partial charge in [0, 0.05) is 28.2 Å². The molecule has 20 heavy (non-hydrogen) atoms. The summed E-state index contributed by atoms with van der Waals surface area (Å²) in [5, 5.41) is 21.9. The van der Waals surface area contributed by atoms with E-state index in [1.54, 1.807) is 4.57 Å². The quantitative estimate of drug-likeness (QED) is 0.634. The highest BCUT2D eigenvalue weighted by atomic mass is 16.3. The summed E-state index contributed by atoms with van der Waals surface area (Å²) in [6.07, 6.45) is 5.71. The first-order chi connectivity index (χ1) is 9.75. The van der Waals surface area contributed by atoms with Gasteiger partial charge in [-0.3, -0.25) is 4.57 Å². The van der Waals surface area contributed by atoms with Crippen molar-refractivity contribution >= 4 is 10.9 Å². The molecular formula is C16H16N2O2. The predicted octanol–water partition coefficient (Wildman–Crippen LogP) is 3.25. The molecular weight excluding hydrogens is 252 g/mol. The van der Waals surface area contributed by atoms with Gasteiger partial charge in [0.2, 0.25) is 11.8 Å². The highest BCUT2D eigenvalue weighted by Gasteiger charge is 2.25. The largest absolute Gasteiger partial charge is 0.494 e. The van der Waals surface area contributed by atoms with Gasteiger partial charge in [-0.05, 0) is 49.9 Å². The lowest BCUT2D eigenvalue weighted by atomic mass is 9.95. The molecule has 0 aliphatic heterocycles. The van der Waals surface area contributed by atoms with Crippen LogP contribution in [-0.4, -0.2) is 19.8 Å². The average molecular weight is 268 g/mol. The number of hydrogen-bond acceptors (Lipinski definition) is 2. The lowest BCUT2D eigenvalue weighted by molar-refractivity contribution is 0.399. The van der Waals surface area contributed by atoms with E-state index in [9.17, 15) is 10.2 Å². The van der Waals surface area contributed by atoms with Crippen LogP contribution in [0.2, 0.25) is 0 Å². The maximum atomic E-state index is 10.4. The number of aromatic hydroxyl groups is 2. The van der Waals surface area contributed by atoms with E-state index in [4.69, 9.17) is 0 Å². The van der Waals surface area contributed by atoms with Gasteiger partial charge in [-0.15, -0.1) is 0 Å². The molecule has 4 heteroatoms. The van der Waals surface area contributed by atoms with Gasteiger partial charge in [-0.2, -0.15) is 0 Å². The number of nitrogens with zero attached hydrogens (tertiary/aromatic N) is 1. The second-order valence-electron chi connectivity index (χ2n) is 5.40. The van der Waals surface area contributed by atoms with E-state index >= 15 is 0 Å². The molecule has 0 amide bonds. The highest BCUT2D eigenvalue weighted by molar-refractivity contribution is 5.81. The first-order valence-electron chi connectivity index (χ1n) is 6.97. The summed E-state index contributed by atoms with van der Waals surface area (Å²) < 4.78 is 1.56. The van der Waals surface area contributed by atoms with Crippen molar-refractivity contribution in [2.45, 2.75) is 25.7 Å². The van der Waals surface area contributed by atoms with Gasteiger partial charge in [-0.1, -0.05) is 0 Å². The summed E-state index contributed by atoms with van der Waals surface area (Å²) in [4.78, 5) is 3.14. The molecule has 4 nitrogen and oxygen atoms in total. The van der Waals surface area contributed by atoms with Gasteiger partial charge in [0.1, 0.15) is 0 Å². The molecule has 0 spiro atoms. The Kier molecular flexibility index (Phi) is 2.33. The minimum Gasteiger partial charge on any atom is -0.494 e. The molecule has 0 saturated carbocycles. The van der Waals surface area contributed by atoms with Crippen molar-refractivity contribution < 1.29 is 10.2 Å². The third-order valence-corrected chi connectivity index (χ3v) is 4.23. The van der Waals surface area contributed by atoms with Crippen molar-refractivity contribution in [3.63, 3.8) is 0 Å². The Morgan fingerprint density at radius 2 is 1.65 bits per heavy atom. The second-order valence-corrected chi connectivity index (χ2v) is 5.40. The first-order valence-corrected chi connectivity index (χ1v) is 6.97. The first kappa shape index (κ1) is 11.5. The molecule has 0 bridgehead atoms. The third kappa shape index (κ3) is 1.48. The Balaban J connectivity index is 1.95. The number of fused-ring (bicyclic) bond motifs is 2. The third-order valence-electron chi connectivity index (χ3n) is 4.23. The van der Waals surface area contributed by atoms with Crippen molar-refractivity contribution in [2.75, 3.05) is 0 Å². The lowest BCUT2D eigenvalue weighted by Crippen LogP contribution is -1.98. The number of H-pyrrole nitrogens is 1. The zero-order valence-corrected chi connectivity index (χ0v) is 11.1. The summed E-state index contributed by atoms with van der Waals surface area (Å²) in [7, 11) is 0. The Hall–Kier alpha value is -2.36. The van der Waals surface area contributed by atoms with E-state index in [1.807, 2.05) is 30.5 Å². The molecule has 0 atom stereocenters.